The topological polar surface area (TPSA) is 91.7 Å². The first-order valence-electron chi connectivity index (χ1n) is 7.66. The van der Waals surface area contributed by atoms with Gasteiger partial charge in [-0.1, -0.05) is 6.07 Å². The molecular weight excluding hydrogens is 310 g/mol. The van der Waals surface area contributed by atoms with E-state index in [0.717, 1.165) is 0 Å². The monoisotopic (exact) mass is 329 g/mol. The minimum Gasteiger partial charge on any atom is -0.462 e. The highest BCUT2D eigenvalue weighted by molar-refractivity contribution is 5.95. The molecule has 1 aromatic carbocycles. The molecule has 1 aliphatic heterocycles. The summed E-state index contributed by atoms with van der Waals surface area (Å²) in [6.07, 6.45) is 1.27. The van der Waals surface area contributed by atoms with Crippen molar-refractivity contribution in [3.63, 3.8) is 0 Å². The molecule has 126 valence electrons. The molecule has 0 saturated carbocycles. The van der Waals surface area contributed by atoms with Crippen LogP contribution < -0.4 is 5.32 Å². The number of nitriles is 1. The third-order valence-corrected chi connectivity index (χ3v) is 3.41. The highest BCUT2D eigenvalue weighted by Gasteiger charge is 2.18. The molecule has 1 saturated heterocycles. The Morgan fingerprint density at radius 2 is 2.17 bits per heavy atom. The molecule has 0 bridgehead atoms. The lowest BCUT2D eigenvalue weighted by Gasteiger charge is -2.27. The third kappa shape index (κ3) is 4.57. The fourth-order valence-corrected chi connectivity index (χ4v) is 2.19. The lowest BCUT2D eigenvalue weighted by atomic mass is 10.1. The number of nitrogens with zero attached hydrogens (tertiary/aromatic N) is 2. The predicted molar refractivity (Wildman–Crippen MR) is 87.1 cm³/mol. The van der Waals surface area contributed by atoms with Crippen LogP contribution in [0.4, 0.5) is 5.69 Å². The van der Waals surface area contributed by atoms with Crippen LogP contribution in [0.5, 0.6) is 0 Å². The minimum absolute atomic E-state index is 0.0724. The number of carbonyl (C=O) groups excluding carboxylic acids is 2. The molecule has 24 heavy (non-hydrogen) atoms. The molecule has 1 fully saturated rings. The zero-order valence-electron chi connectivity index (χ0n) is 13.4. The number of morpholine rings is 1. The van der Waals surface area contributed by atoms with Crippen LogP contribution in [0.2, 0.25) is 0 Å². The summed E-state index contributed by atoms with van der Waals surface area (Å²) in [6.45, 7) is 4.08. The number of esters is 1. The maximum Gasteiger partial charge on any atom is 0.350 e. The van der Waals surface area contributed by atoms with Crippen LogP contribution in [0.25, 0.3) is 0 Å². The minimum atomic E-state index is -0.687. The molecule has 0 aliphatic carbocycles. The fraction of sp³-hybridized carbons (Fsp3) is 0.353. The normalized spacial score (nSPS) is 14.7. The molecule has 0 spiro atoms. The van der Waals surface area contributed by atoms with E-state index >= 15 is 0 Å². The molecule has 7 heteroatoms. The summed E-state index contributed by atoms with van der Waals surface area (Å²) in [5.41, 5.74) is 0.998. The number of carbonyl (C=O) groups is 2. The molecule has 1 N–H and O–H groups in total. The second-order valence-electron chi connectivity index (χ2n) is 5.02. The molecule has 0 radical (unpaired) electrons. The van der Waals surface area contributed by atoms with Crippen molar-refractivity contribution < 1.29 is 19.1 Å². The molecular formula is C17H19N3O4. The van der Waals surface area contributed by atoms with Gasteiger partial charge in [-0.2, -0.15) is 5.26 Å². The van der Waals surface area contributed by atoms with Gasteiger partial charge in [-0.05, 0) is 25.1 Å². The standard InChI is InChI=1S/C17H19N3O4/c1-2-24-17(22)14(11-18)12-19-15-5-3-4-13(10-15)16(21)20-6-8-23-9-7-20/h3-5,10,12,19H,2,6-9H2,1H3/b14-12-. The van der Waals surface area contributed by atoms with E-state index in [1.54, 1.807) is 42.2 Å². The Labute approximate surface area is 140 Å². The van der Waals surface area contributed by atoms with Gasteiger partial charge in [0, 0.05) is 30.5 Å². The molecule has 1 aromatic rings. The Kier molecular flexibility index (Phi) is 6.34. The smallest absolute Gasteiger partial charge is 0.350 e. The number of hydrogen-bond donors (Lipinski definition) is 1. The lowest BCUT2D eigenvalue weighted by molar-refractivity contribution is -0.138. The van der Waals surface area contributed by atoms with Crippen LogP contribution in [-0.2, 0) is 14.3 Å². The summed E-state index contributed by atoms with van der Waals surface area (Å²) in [6, 6.07) is 8.66. The van der Waals surface area contributed by atoms with Gasteiger partial charge in [-0.3, -0.25) is 4.79 Å². The number of nitrogens with one attached hydrogen (secondary N) is 1. The van der Waals surface area contributed by atoms with Crippen molar-refractivity contribution in [3.05, 3.63) is 41.6 Å². The average molecular weight is 329 g/mol. The van der Waals surface area contributed by atoms with Crippen molar-refractivity contribution in [1.29, 1.82) is 5.26 Å². The molecule has 2 rings (SSSR count). The van der Waals surface area contributed by atoms with Gasteiger partial charge in [0.15, 0.2) is 5.57 Å². The Morgan fingerprint density at radius 1 is 1.42 bits per heavy atom. The number of amides is 1. The molecule has 1 amide bonds. The Morgan fingerprint density at radius 3 is 2.83 bits per heavy atom. The summed E-state index contributed by atoms with van der Waals surface area (Å²) < 4.78 is 10.0. The van der Waals surface area contributed by atoms with Gasteiger partial charge >= 0.3 is 5.97 Å². The van der Waals surface area contributed by atoms with Crippen molar-refractivity contribution in [2.24, 2.45) is 0 Å². The Balaban J connectivity index is 2.08. The number of benzene rings is 1. The van der Waals surface area contributed by atoms with Crippen molar-refractivity contribution in [3.8, 4) is 6.07 Å². The van der Waals surface area contributed by atoms with Gasteiger partial charge in [-0.15, -0.1) is 0 Å². The zero-order valence-corrected chi connectivity index (χ0v) is 13.4. The van der Waals surface area contributed by atoms with Crippen LogP contribution in [0.3, 0.4) is 0 Å². The quantitative estimate of drug-likeness (QED) is 0.500. The van der Waals surface area contributed by atoms with Gasteiger partial charge in [0.1, 0.15) is 6.07 Å². The maximum atomic E-state index is 12.4. The molecule has 7 nitrogen and oxygen atoms in total. The highest BCUT2D eigenvalue weighted by Crippen LogP contribution is 2.14. The van der Waals surface area contributed by atoms with E-state index in [1.165, 1.54) is 6.20 Å². The fourth-order valence-electron chi connectivity index (χ4n) is 2.19. The van der Waals surface area contributed by atoms with Crippen LogP contribution in [0.15, 0.2) is 36.0 Å². The number of rotatable bonds is 5. The molecule has 1 aliphatic rings. The van der Waals surface area contributed by atoms with Crippen molar-refractivity contribution in [2.45, 2.75) is 6.92 Å². The first-order valence-corrected chi connectivity index (χ1v) is 7.66. The first-order chi connectivity index (χ1) is 11.7. The highest BCUT2D eigenvalue weighted by atomic mass is 16.5. The SMILES string of the molecule is CCOC(=O)/C(C#N)=C\Nc1cccc(C(=O)N2CCOCC2)c1. The van der Waals surface area contributed by atoms with E-state index in [2.05, 4.69) is 5.32 Å². The summed E-state index contributed by atoms with van der Waals surface area (Å²) in [7, 11) is 0. The number of ether oxygens (including phenoxy) is 2. The number of hydrogen-bond acceptors (Lipinski definition) is 6. The largest absolute Gasteiger partial charge is 0.462 e. The van der Waals surface area contributed by atoms with Crippen molar-refractivity contribution in [1.82, 2.24) is 4.90 Å². The van der Waals surface area contributed by atoms with E-state index in [-0.39, 0.29) is 18.1 Å². The van der Waals surface area contributed by atoms with E-state index in [4.69, 9.17) is 14.7 Å². The Hall–Kier alpha value is -2.85. The van der Waals surface area contributed by atoms with E-state index in [9.17, 15) is 9.59 Å². The summed E-state index contributed by atoms with van der Waals surface area (Å²) in [5.74, 6) is -0.759. The molecule has 0 unspecified atom stereocenters. The second kappa shape index (κ2) is 8.70. The van der Waals surface area contributed by atoms with Crippen LogP contribution in [0.1, 0.15) is 17.3 Å². The summed E-state index contributed by atoms with van der Waals surface area (Å²) >= 11 is 0. The molecule has 0 atom stereocenters. The summed E-state index contributed by atoms with van der Waals surface area (Å²) in [5, 5.41) is 11.8. The lowest BCUT2D eigenvalue weighted by Crippen LogP contribution is -2.40. The van der Waals surface area contributed by atoms with Crippen LogP contribution in [0, 0.1) is 11.3 Å². The van der Waals surface area contributed by atoms with E-state index in [0.29, 0.717) is 37.6 Å². The third-order valence-electron chi connectivity index (χ3n) is 3.41. The maximum absolute atomic E-state index is 12.4. The van der Waals surface area contributed by atoms with E-state index in [1.807, 2.05) is 0 Å². The van der Waals surface area contributed by atoms with Crippen LogP contribution >= 0.6 is 0 Å². The molecule has 0 aromatic heterocycles. The van der Waals surface area contributed by atoms with Gasteiger partial charge in [0.2, 0.25) is 0 Å². The first kappa shape index (κ1) is 17.5. The van der Waals surface area contributed by atoms with Gasteiger partial charge in [0.05, 0.1) is 19.8 Å². The van der Waals surface area contributed by atoms with Gasteiger partial charge in [-0.25, -0.2) is 4.79 Å². The van der Waals surface area contributed by atoms with E-state index < -0.39 is 5.97 Å². The average Bonchev–Trinajstić information content (AvgIpc) is 2.63. The van der Waals surface area contributed by atoms with Crippen LogP contribution in [-0.4, -0.2) is 49.7 Å². The van der Waals surface area contributed by atoms with Gasteiger partial charge < -0.3 is 19.7 Å². The van der Waals surface area contributed by atoms with Crippen molar-refractivity contribution >= 4 is 17.6 Å². The second-order valence-corrected chi connectivity index (χ2v) is 5.02. The number of anilines is 1. The predicted octanol–water partition coefficient (Wildman–Crippen LogP) is 1.54. The van der Waals surface area contributed by atoms with Gasteiger partial charge in [0.25, 0.3) is 5.91 Å². The Bertz CT molecular complexity index is 673. The van der Waals surface area contributed by atoms with Crippen molar-refractivity contribution in [2.75, 3.05) is 38.2 Å². The zero-order chi connectivity index (χ0) is 17.4. The summed E-state index contributed by atoms with van der Waals surface area (Å²) in [4.78, 5) is 25.7. The molecule has 1 heterocycles.